The largest absolute Gasteiger partial charge is 0.352 e. The fourth-order valence-corrected chi connectivity index (χ4v) is 2.38. The highest BCUT2D eigenvalue weighted by Crippen LogP contribution is 2.17. The van der Waals surface area contributed by atoms with Gasteiger partial charge in [-0.3, -0.25) is 14.3 Å². The van der Waals surface area contributed by atoms with E-state index in [1.807, 2.05) is 0 Å². The summed E-state index contributed by atoms with van der Waals surface area (Å²) in [6.45, 7) is 2.22. The van der Waals surface area contributed by atoms with E-state index in [1.165, 1.54) is 23.7 Å². The molecule has 0 radical (unpaired) electrons. The highest BCUT2D eigenvalue weighted by molar-refractivity contribution is 5.92. The van der Waals surface area contributed by atoms with E-state index in [1.54, 1.807) is 13.1 Å². The molecule has 0 aromatic carbocycles. The Morgan fingerprint density at radius 2 is 2.19 bits per heavy atom. The molecule has 0 saturated heterocycles. The maximum atomic E-state index is 11.9. The number of hydrogen-bond donors (Lipinski definition) is 3. The Kier molecular flexibility index (Phi) is 5.32. The second-order valence-corrected chi connectivity index (χ2v) is 5.60. The van der Waals surface area contributed by atoms with Gasteiger partial charge in [0.15, 0.2) is 0 Å². The van der Waals surface area contributed by atoms with Crippen LogP contribution in [0.3, 0.4) is 0 Å². The molecule has 116 valence electrons. The molecule has 1 fully saturated rings. The van der Waals surface area contributed by atoms with E-state index in [-0.39, 0.29) is 24.3 Å². The van der Waals surface area contributed by atoms with Gasteiger partial charge < -0.3 is 16.4 Å². The molecular formula is C14H23N5O2. The smallest absolute Gasteiger partial charge is 0.241 e. The number of aromatic nitrogens is 2. The maximum Gasteiger partial charge on any atom is 0.241 e. The molecular weight excluding hydrogens is 270 g/mol. The molecule has 21 heavy (non-hydrogen) atoms. The van der Waals surface area contributed by atoms with Crippen molar-refractivity contribution in [2.45, 2.75) is 45.2 Å². The molecule has 1 aliphatic rings. The molecule has 2 amide bonds. The number of anilines is 1. The van der Waals surface area contributed by atoms with Gasteiger partial charge in [0.1, 0.15) is 6.54 Å². The molecule has 1 saturated carbocycles. The van der Waals surface area contributed by atoms with E-state index < -0.39 is 0 Å². The van der Waals surface area contributed by atoms with Crippen LogP contribution in [-0.4, -0.2) is 34.2 Å². The molecule has 0 bridgehead atoms. The zero-order chi connectivity index (χ0) is 15.2. The summed E-state index contributed by atoms with van der Waals surface area (Å²) in [6.07, 6.45) is 7.66. The third-order valence-corrected chi connectivity index (χ3v) is 3.73. The van der Waals surface area contributed by atoms with Crippen molar-refractivity contribution in [2.24, 2.45) is 11.7 Å². The van der Waals surface area contributed by atoms with Crippen LogP contribution in [0.15, 0.2) is 12.4 Å². The second-order valence-electron chi connectivity index (χ2n) is 5.60. The number of rotatable bonds is 6. The first kappa shape index (κ1) is 15.5. The Balaban J connectivity index is 1.82. The topological polar surface area (TPSA) is 102 Å². The van der Waals surface area contributed by atoms with Crippen LogP contribution >= 0.6 is 0 Å². The third-order valence-electron chi connectivity index (χ3n) is 3.73. The van der Waals surface area contributed by atoms with E-state index >= 15 is 0 Å². The standard InChI is InChI=1S/C14H23N5O2/c1-10(6-15)14(21)18-12-7-16-19(8-12)9-13(20)17-11-4-2-3-5-11/h7-8,10-11H,2-6,9,15H2,1H3,(H,17,20)(H,18,21). The van der Waals surface area contributed by atoms with Crippen molar-refractivity contribution >= 4 is 17.5 Å². The number of hydrogen-bond acceptors (Lipinski definition) is 4. The Morgan fingerprint density at radius 3 is 2.86 bits per heavy atom. The fraction of sp³-hybridized carbons (Fsp3) is 0.643. The lowest BCUT2D eigenvalue weighted by molar-refractivity contribution is -0.122. The van der Waals surface area contributed by atoms with Crippen molar-refractivity contribution in [3.63, 3.8) is 0 Å². The molecule has 4 N–H and O–H groups in total. The summed E-state index contributed by atoms with van der Waals surface area (Å²) in [5, 5.41) is 9.81. The van der Waals surface area contributed by atoms with Crippen LogP contribution in [0.25, 0.3) is 0 Å². The van der Waals surface area contributed by atoms with E-state index in [2.05, 4.69) is 15.7 Å². The van der Waals surface area contributed by atoms with Gasteiger partial charge in [0.05, 0.1) is 11.9 Å². The molecule has 1 aromatic rings. The predicted octanol–water partition coefficient (Wildman–Crippen LogP) is 0.475. The van der Waals surface area contributed by atoms with Gasteiger partial charge in [-0.25, -0.2) is 0 Å². The van der Waals surface area contributed by atoms with Gasteiger partial charge in [-0.15, -0.1) is 0 Å². The van der Waals surface area contributed by atoms with Gasteiger partial charge in [-0.1, -0.05) is 19.8 Å². The SMILES string of the molecule is CC(CN)C(=O)Nc1cnn(CC(=O)NC2CCCC2)c1. The predicted molar refractivity (Wildman–Crippen MR) is 79.5 cm³/mol. The lowest BCUT2D eigenvalue weighted by Crippen LogP contribution is -2.35. The number of amides is 2. The fourth-order valence-electron chi connectivity index (χ4n) is 2.38. The lowest BCUT2D eigenvalue weighted by atomic mass is 10.2. The minimum absolute atomic E-state index is 0.0433. The van der Waals surface area contributed by atoms with E-state index in [9.17, 15) is 9.59 Å². The average Bonchev–Trinajstić information content (AvgIpc) is 3.10. The third kappa shape index (κ3) is 4.56. The first-order chi connectivity index (χ1) is 10.1. The van der Waals surface area contributed by atoms with Crippen LogP contribution in [0.2, 0.25) is 0 Å². The first-order valence-electron chi connectivity index (χ1n) is 7.41. The zero-order valence-electron chi connectivity index (χ0n) is 12.3. The van der Waals surface area contributed by atoms with Gasteiger partial charge in [0, 0.05) is 24.7 Å². The minimum atomic E-state index is -0.251. The Labute approximate surface area is 124 Å². The summed E-state index contributed by atoms with van der Waals surface area (Å²) in [5.41, 5.74) is 6.02. The summed E-state index contributed by atoms with van der Waals surface area (Å²) in [4.78, 5) is 23.6. The highest BCUT2D eigenvalue weighted by atomic mass is 16.2. The number of carbonyl (C=O) groups excluding carboxylic acids is 2. The molecule has 2 rings (SSSR count). The van der Waals surface area contributed by atoms with Gasteiger partial charge in [0.25, 0.3) is 0 Å². The van der Waals surface area contributed by atoms with Crippen LogP contribution in [0.1, 0.15) is 32.6 Å². The van der Waals surface area contributed by atoms with Crippen molar-refractivity contribution in [1.29, 1.82) is 0 Å². The lowest BCUT2D eigenvalue weighted by Gasteiger charge is -2.11. The van der Waals surface area contributed by atoms with Gasteiger partial charge in [-0.05, 0) is 12.8 Å². The molecule has 7 nitrogen and oxygen atoms in total. The van der Waals surface area contributed by atoms with Crippen LogP contribution in [0.5, 0.6) is 0 Å². The van der Waals surface area contributed by atoms with Crippen LogP contribution < -0.4 is 16.4 Å². The Morgan fingerprint density at radius 1 is 1.48 bits per heavy atom. The number of nitrogens with zero attached hydrogens (tertiary/aromatic N) is 2. The molecule has 1 heterocycles. The van der Waals surface area contributed by atoms with E-state index in [4.69, 9.17) is 5.73 Å². The van der Waals surface area contributed by atoms with Crippen molar-refractivity contribution in [2.75, 3.05) is 11.9 Å². The van der Waals surface area contributed by atoms with Crippen molar-refractivity contribution in [1.82, 2.24) is 15.1 Å². The second kappa shape index (κ2) is 7.21. The van der Waals surface area contributed by atoms with Crippen molar-refractivity contribution in [3.05, 3.63) is 12.4 Å². The normalized spacial score (nSPS) is 16.7. The maximum absolute atomic E-state index is 11.9. The monoisotopic (exact) mass is 293 g/mol. The van der Waals surface area contributed by atoms with E-state index in [0.717, 1.165) is 12.8 Å². The molecule has 0 spiro atoms. The van der Waals surface area contributed by atoms with Crippen molar-refractivity contribution in [3.8, 4) is 0 Å². The zero-order valence-corrected chi connectivity index (χ0v) is 12.3. The average molecular weight is 293 g/mol. The van der Waals surface area contributed by atoms with Crippen LogP contribution in [0, 0.1) is 5.92 Å². The Hall–Kier alpha value is -1.89. The summed E-state index contributed by atoms with van der Waals surface area (Å²) < 4.78 is 1.52. The summed E-state index contributed by atoms with van der Waals surface area (Å²) in [6, 6.07) is 0.303. The molecule has 1 unspecified atom stereocenters. The van der Waals surface area contributed by atoms with Crippen LogP contribution in [0.4, 0.5) is 5.69 Å². The minimum Gasteiger partial charge on any atom is -0.352 e. The quantitative estimate of drug-likeness (QED) is 0.709. The summed E-state index contributed by atoms with van der Waals surface area (Å²) in [5.74, 6) is -0.440. The van der Waals surface area contributed by atoms with Crippen LogP contribution in [-0.2, 0) is 16.1 Å². The molecule has 1 atom stereocenters. The molecule has 1 aromatic heterocycles. The van der Waals surface area contributed by atoms with Gasteiger partial charge >= 0.3 is 0 Å². The number of nitrogens with two attached hydrogens (primary N) is 1. The number of nitrogens with one attached hydrogen (secondary N) is 2. The summed E-state index contributed by atoms with van der Waals surface area (Å²) >= 11 is 0. The van der Waals surface area contributed by atoms with E-state index in [0.29, 0.717) is 18.3 Å². The number of carbonyl (C=O) groups is 2. The molecule has 1 aliphatic carbocycles. The Bertz CT molecular complexity index is 493. The molecule has 0 aliphatic heterocycles. The molecule has 7 heteroatoms. The highest BCUT2D eigenvalue weighted by Gasteiger charge is 2.17. The van der Waals surface area contributed by atoms with Crippen molar-refractivity contribution < 1.29 is 9.59 Å². The first-order valence-corrected chi connectivity index (χ1v) is 7.41. The summed E-state index contributed by atoms with van der Waals surface area (Å²) in [7, 11) is 0. The van der Waals surface area contributed by atoms with Gasteiger partial charge in [0.2, 0.25) is 11.8 Å². The van der Waals surface area contributed by atoms with Gasteiger partial charge in [-0.2, -0.15) is 5.10 Å².